The number of ether oxygens (including phenoxy) is 1. The summed E-state index contributed by atoms with van der Waals surface area (Å²) < 4.78 is 11.6. The van der Waals surface area contributed by atoms with Gasteiger partial charge in [0, 0.05) is 17.5 Å². The van der Waals surface area contributed by atoms with Crippen LogP contribution in [0.1, 0.15) is 33.6 Å². The Bertz CT molecular complexity index is 744. The number of oxazole rings is 1. The Morgan fingerprint density at radius 1 is 1.40 bits per heavy atom. The van der Waals surface area contributed by atoms with E-state index in [2.05, 4.69) is 15.6 Å². The number of fused-ring (bicyclic) bond motifs is 1. The molecule has 1 aliphatic rings. The lowest BCUT2D eigenvalue weighted by Crippen LogP contribution is -2.43. The first-order chi connectivity index (χ1) is 11.8. The van der Waals surface area contributed by atoms with Crippen LogP contribution in [0.2, 0.25) is 0 Å². The summed E-state index contributed by atoms with van der Waals surface area (Å²) in [5, 5.41) is 6.67. The third kappa shape index (κ3) is 4.22. The Balaban J connectivity index is 1.76. The number of rotatable bonds is 5. The highest BCUT2D eigenvalue weighted by atomic mass is 16.5. The summed E-state index contributed by atoms with van der Waals surface area (Å²) in [5.41, 5.74) is 6.44. The number of nitrogens with two attached hydrogens (primary N) is 1. The second-order valence-electron chi connectivity index (χ2n) is 7.58. The molecule has 136 valence electrons. The predicted molar refractivity (Wildman–Crippen MR) is 96.6 cm³/mol. The van der Waals surface area contributed by atoms with E-state index < -0.39 is 17.4 Å². The summed E-state index contributed by atoms with van der Waals surface area (Å²) in [6.45, 7) is 7.74. The lowest BCUT2D eigenvalue weighted by Gasteiger charge is -2.28. The van der Waals surface area contributed by atoms with Crippen molar-refractivity contribution in [3.05, 3.63) is 18.2 Å². The first-order valence-electron chi connectivity index (χ1n) is 8.67. The van der Waals surface area contributed by atoms with E-state index in [1.807, 2.05) is 20.8 Å². The summed E-state index contributed by atoms with van der Waals surface area (Å²) in [7, 11) is 0. The van der Waals surface area contributed by atoms with E-state index in [-0.39, 0.29) is 0 Å². The number of aromatic nitrogens is 1. The highest BCUT2D eigenvalue weighted by Gasteiger charge is 2.31. The summed E-state index contributed by atoms with van der Waals surface area (Å²) in [6, 6.07) is 6.22. The Kier molecular flexibility index (Phi) is 4.85. The summed E-state index contributed by atoms with van der Waals surface area (Å²) in [4.78, 5) is 16.2. The summed E-state index contributed by atoms with van der Waals surface area (Å²) in [5.74, 6) is 0.0638. The Morgan fingerprint density at radius 2 is 2.12 bits per heavy atom. The van der Waals surface area contributed by atoms with Gasteiger partial charge in [0.2, 0.25) is 0 Å². The zero-order chi connectivity index (χ0) is 18.0. The molecule has 25 heavy (non-hydrogen) atoms. The van der Waals surface area contributed by atoms with E-state index in [1.165, 1.54) is 0 Å². The van der Waals surface area contributed by atoms with Crippen LogP contribution in [0.4, 0.5) is 6.01 Å². The molecule has 1 aromatic heterocycles. The monoisotopic (exact) mass is 346 g/mol. The molecular formula is C18H26N4O3. The van der Waals surface area contributed by atoms with Crippen LogP contribution in [0.5, 0.6) is 5.75 Å². The van der Waals surface area contributed by atoms with Gasteiger partial charge in [0.25, 0.3) is 11.9 Å². The number of carbonyl (C=O) groups excluding carboxylic acids is 1. The fraction of sp³-hybridized carbons (Fsp3) is 0.556. The third-order valence-corrected chi connectivity index (χ3v) is 4.32. The molecule has 1 saturated heterocycles. The van der Waals surface area contributed by atoms with Crippen molar-refractivity contribution in [2.75, 3.05) is 18.4 Å². The zero-order valence-corrected chi connectivity index (χ0v) is 15.0. The molecule has 0 radical (unpaired) electrons. The van der Waals surface area contributed by atoms with Crippen LogP contribution in [0.15, 0.2) is 22.6 Å². The standard InChI is InChI=1S/C18H26N4O3/c1-18(2,3)15(16(19)23)24-12-4-5-14-13(10-12)22-17(25-14)21-11-6-8-20-9-7-11/h4-5,10-11,15,20H,6-9H2,1-3H3,(H2,19,23)(H,21,22). The molecule has 0 aliphatic carbocycles. The lowest BCUT2D eigenvalue weighted by atomic mass is 9.88. The number of hydrogen-bond acceptors (Lipinski definition) is 6. The lowest BCUT2D eigenvalue weighted by molar-refractivity contribution is -0.129. The van der Waals surface area contributed by atoms with Crippen molar-refractivity contribution >= 4 is 23.0 Å². The number of amides is 1. The van der Waals surface area contributed by atoms with E-state index in [9.17, 15) is 4.79 Å². The van der Waals surface area contributed by atoms with Crippen molar-refractivity contribution < 1.29 is 13.9 Å². The van der Waals surface area contributed by atoms with Crippen molar-refractivity contribution in [2.45, 2.75) is 45.8 Å². The molecule has 1 fully saturated rings. The van der Waals surface area contributed by atoms with Crippen molar-refractivity contribution in [2.24, 2.45) is 11.1 Å². The number of piperidine rings is 1. The van der Waals surface area contributed by atoms with Crippen LogP contribution in [-0.2, 0) is 4.79 Å². The van der Waals surface area contributed by atoms with Gasteiger partial charge in [-0.2, -0.15) is 4.98 Å². The molecule has 0 spiro atoms. The maximum atomic E-state index is 11.7. The van der Waals surface area contributed by atoms with Crippen molar-refractivity contribution in [1.82, 2.24) is 10.3 Å². The van der Waals surface area contributed by atoms with Gasteiger partial charge in [0.1, 0.15) is 11.3 Å². The van der Waals surface area contributed by atoms with Gasteiger partial charge in [-0.25, -0.2) is 0 Å². The van der Waals surface area contributed by atoms with Gasteiger partial charge in [-0.05, 0) is 38.1 Å². The minimum Gasteiger partial charge on any atom is -0.480 e. The van der Waals surface area contributed by atoms with Gasteiger partial charge in [-0.1, -0.05) is 20.8 Å². The molecule has 2 heterocycles. The van der Waals surface area contributed by atoms with Crippen molar-refractivity contribution in [3.8, 4) is 5.75 Å². The third-order valence-electron chi connectivity index (χ3n) is 4.32. The van der Waals surface area contributed by atoms with Gasteiger partial charge in [0.05, 0.1) is 0 Å². The highest BCUT2D eigenvalue weighted by molar-refractivity contribution is 5.80. The average Bonchev–Trinajstić information content (AvgIpc) is 2.93. The van der Waals surface area contributed by atoms with Crippen LogP contribution < -0.4 is 21.1 Å². The molecule has 3 rings (SSSR count). The van der Waals surface area contributed by atoms with Crippen LogP contribution in [0, 0.1) is 5.41 Å². The van der Waals surface area contributed by atoms with Gasteiger partial charge in [0.15, 0.2) is 11.7 Å². The van der Waals surface area contributed by atoms with Gasteiger partial charge >= 0.3 is 0 Å². The van der Waals surface area contributed by atoms with Gasteiger partial charge in [-0.3, -0.25) is 4.79 Å². The van der Waals surface area contributed by atoms with E-state index >= 15 is 0 Å². The van der Waals surface area contributed by atoms with E-state index in [0.29, 0.717) is 28.9 Å². The normalized spacial score (nSPS) is 17.4. The van der Waals surface area contributed by atoms with E-state index in [4.69, 9.17) is 14.9 Å². The molecule has 1 amide bonds. The summed E-state index contributed by atoms with van der Waals surface area (Å²) >= 11 is 0. The molecule has 4 N–H and O–H groups in total. The SMILES string of the molecule is CC(C)(C)C(Oc1ccc2oc(NC3CCNCC3)nc2c1)C(N)=O. The fourth-order valence-corrected chi connectivity index (χ4v) is 2.98. The number of nitrogens with zero attached hydrogens (tertiary/aromatic N) is 1. The zero-order valence-electron chi connectivity index (χ0n) is 15.0. The first-order valence-corrected chi connectivity index (χ1v) is 8.67. The van der Waals surface area contributed by atoms with Gasteiger partial charge in [-0.15, -0.1) is 0 Å². The molecule has 1 unspecified atom stereocenters. The predicted octanol–water partition coefficient (Wildman–Crippen LogP) is 2.27. The largest absolute Gasteiger partial charge is 0.480 e. The number of anilines is 1. The van der Waals surface area contributed by atoms with E-state index in [0.717, 1.165) is 25.9 Å². The number of benzene rings is 1. The molecule has 2 aromatic rings. The second-order valence-corrected chi connectivity index (χ2v) is 7.58. The van der Waals surface area contributed by atoms with Crippen LogP contribution in [0.3, 0.4) is 0 Å². The molecule has 1 aromatic carbocycles. The second kappa shape index (κ2) is 6.92. The first kappa shape index (κ1) is 17.5. The molecule has 0 saturated carbocycles. The van der Waals surface area contributed by atoms with Crippen LogP contribution >= 0.6 is 0 Å². The maximum Gasteiger partial charge on any atom is 0.295 e. The molecule has 1 aliphatic heterocycles. The Morgan fingerprint density at radius 3 is 2.76 bits per heavy atom. The topological polar surface area (TPSA) is 102 Å². The quantitative estimate of drug-likeness (QED) is 0.767. The smallest absolute Gasteiger partial charge is 0.295 e. The minimum atomic E-state index is -0.718. The number of nitrogens with one attached hydrogen (secondary N) is 2. The molecule has 1 atom stereocenters. The average molecular weight is 346 g/mol. The highest BCUT2D eigenvalue weighted by Crippen LogP contribution is 2.28. The van der Waals surface area contributed by atoms with Crippen LogP contribution in [-0.4, -0.2) is 36.1 Å². The van der Waals surface area contributed by atoms with Crippen molar-refractivity contribution in [1.29, 1.82) is 0 Å². The molecule has 0 bridgehead atoms. The van der Waals surface area contributed by atoms with Crippen molar-refractivity contribution in [3.63, 3.8) is 0 Å². The number of primary amides is 1. The molecule has 7 nitrogen and oxygen atoms in total. The number of hydrogen-bond donors (Lipinski definition) is 3. The van der Waals surface area contributed by atoms with E-state index in [1.54, 1.807) is 18.2 Å². The van der Waals surface area contributed by atoms with Gasteiger partial charge < -0.3 is 25.5 Å². The fourth-order valence-electron chi connectivity index (χ4n) is 2.98. The molecular weight excluding hydrogens is 320 g/mol. The Labute approximate surface area is 147 Å². The number of carbonyl (C=O) groups is 1. The Hall–Kier alpha value is -2.28. The molecule has 7 heteroatoms. The maximum absolute atomic E-state index is 11.7. The summed E-state index contributed by atoms with van der Waals surface area (Å²) in [6.07, 6.45) is 1.36. The minimum absolute atomic E-state index is 0.366. The van der Waals surface area contributed by atoms with Crippen LogP contribution in [0.25, 0.3) is 11.1 Å².